The van der Waals surface area contributed by atoms with Gasteiger partial charge in [0.2, 0.25) is 0 Å². The zero-order valence-corrected chi connectivity index (χ0v) is 9.34. The molecule has 10 heavy (non-hydrogen) atoms. The Hall–Kier alpha value is 0.797. The number of hydrogen-bond donors (Lipinski definition) is 0. The first-order valence-electron chi connectivity index (χ1n) is 3.61. The van der Waals surface area contributed by atoms with Gasteiger partial charge < -0.3 is 0 Å². The molecular formula is C7H15Cl2Si. The van der Waals surface area contributed by atoms with E-state index in [2.05, 4.69) is 20.4 Å². The highest BCUT2D eigenvalue weighted by Crippen LogP contribution is 2.13. The van der Waals surface area contributed by atoms with Crippen molar-refractivity contribution in [2.45, 2.75) is 43.2 Å². The third kappa shape index (κ3) is 6.91. The average molecular weight is 198 g/mol. The molecule has 2 unspecified atom stereocenters. The largest absolute Gasteiger partial charge is 0.124 e. The molecule has 0 saturated carbocycles. The van der Waals surface area contributed by atoms with Gasteiger partial charge in [0.05, 0.1) is 0 Å². The Morgan fingerprint density at radius 1 is 1.10 bits per heavy atom. The van der Waals surface area contributed by atoms with E-state index in [9.17, 15) is 0 Å². The van der Waals surface area contributed by atoms with E-state index < -0.39 is 0 Å². The molecule has 0 aromatic rings. The van der Waals surface area contributed by atoms with Crippen LogP contribution in [-0.4, -0.2) is 19.6 Å². The van der Waals surface area contributed by atoms with Crippen LogP contribution in [0, 0.1) is 0 Å². The van der Waals surface area contributed by atoms with Gasteiger partial charge in [-0.25, -0.2) is 0 Å². The summed E-state index contributed by atoms with van der Waals surface area (Å²) < 4.78 is 0. The van der Waals surface area contributed by atoms with E-state index >= 15 is 0 Å². The zero-order chi connectivity index (χ0) is 8.15. The van der Waals surface area contributed by atoms with Crippen LogP contribution >= 0.6 is 23.2 Å². The lowest BCUT2D eigenvalue weighted by Crippen LogP contribution is -2.14. The van der Waals surface area contributed by atoms with E-state index in [1.807, 2.05) is 0 Å². The van der Waals surface area contributed by atoms with Crippen LogP contribution in [-0.2, 0) is 0 Å². The van der Waals surface area contributed by atoms with Gasteiger partial charge in [0.25, 0.3) is 0 Å². The number of alkyl halides is 2. The molecule has 0 rings (SSSR count). The Balaban J connectivity index is 3.34. The van der Waals surface area contributed by atoms with E-state index in [-0.39, 0.29) is 8.80 Å². The summed E-state index contributed by atoms with van der Waals surface area (Å²) in [4.78, 5) is 0. The Morgan fingerprint density at radius 3 is 1.60 bits per heavy atom. The van der Waals surface area contributed by atoms with Crippen LogP contribution in [0.25, 0.3) is 0 Å². The molecular weight excluding hydrogens is 183 g/mol. The lowest BCUT2D eigenvalue weighted by atomic mass is 10.5. The van der Waals surface area contributed by atoms with Crippen molar-refractivity contribution in [2.24, 2.45) is 0 Å². The summed E-state index contributed by atoms with van der Waals surface area (Å²) in [6, 6.07) is 2.34. The topological polar surface area (TPSA) is 0 Å². The van der Waals surface area contributed by atoms with Gasteiger partial charge in [-0.2, -0.15) is 0 Å². The second-order valence-corrected chi connectivity index (χ2v) is 7.15. The standard InChI is InChI=1S/C7H15Cl2Si/c1-6(8)4-10(3)5-7(2)9/h6-7H,4-5H2,1-3H3. The van der Waals surface area contributed by atoms with Gasteiger partial charge in [0.1, 0.15) is 0 Å². The van der Waals surface area contributed by atoms with Crippen molar-refractivity contribution < 1.29 is 0 Å². The minimum Gasteiger partial charge on any atom is -0.124 e. The highest BCUT2D eigenvalue weighted by Gasteiger charge is 2.10. The van der Waals surface area contributed by atoms with Crippen molar-refractivity contribution in [3.63, 3.8) is 0 Å². The van der Waals surface area contributed by atoms with Crippen molar-refractivity contribution in [1.82, 2.24) is 0 Å². The lowest BCUT2D eigenvalue weighted by Gasteiger charge is -2.11. The molecule has 0 heterocycles. The first-order chi connectivity index (χ1) is 4.52. The third-order valence-corrected chi connectivity index (χ3v) is 4.70. The molecule has 0 nitrogen and oxygen atoms in total. The summed E-state index contributed by atoms with van der Waals surface area (Å²) in [6.45, 7) is 6.39. The maximum absolute atomic E-state index is 5.84. The van der Waals surface area contributed by atoms with Gasteiger partial charge in [0, 0.05) is 19.6 Å². The van der Waals surface area contributed by atoms with Crippen LogP contribution in [0.4, 0.5) is 0 Å². The molecule has 1 radical (unpaired) electrons. The molecule has 0 aliphatic rings. The summed E-state index contributed by atoms with van der Waals surface area (Å²) in [5.74, 6) is 0. The molecule has 0 aliphatic heterocycles. The Kier molecular flexibility index (Phi) is 5.88. The molecule has 0 saturated heterocycles. The van der Waals surface area contributed by atoms with E-state index in [1.54, 1.807) is 0 Å². The summed E-state index contributed by atoms with van der Waals surface area (Å²) in [6.07, 6.45) is 0. The maximum atomic E-state index is 5.84. The van der Waals surface area contributed by atoms with Gasteiger partial charge in [-0.3, -0.25) is 0 Å². The smallest absolute Gasteiger partial charge is 0.0475 e. The van der Waals surface area contributed by atoms with Crippen LogP contribution in [0.15, 0.2) is 0 Å². The van der Waals surface area contributed by atoms with Crippen LogP contribution < -0.4 is 0 Å². The highest BCUT2D eigenvalue weighted by atomic mass is 35.5. The second-order valence-electron chi connectivity index (χ2n) is 2.93. The fourth-order valence-electron chi connectivity index (χ4n) is 1.04. The number of halogens is 2. The molecule has 61 valence electrons. The van der Waals surface area contributed by atoms with E-state index in [0.29, 0.717) is 10.8 Å². The molecule has 0 bridgehead atoms. The van der Waals surface area contributed by atoms with Crippen molar-refractivity contribution in [1.29, 1.82) is 0 Å². The predicted molar refractivity (Wildman–Crippen MR) is 51.9 cm³/mol. The van der Waals surface area contributed by atoms with Crippen LogP contribution in [0.2, 0.25) is 18.6 Å². The van der Waals surface area contributed by atoms with Gasteiger partial charge in [-0.1, -0.05) is 6.55 Å². The molecule has 0 amide bonds. The number of rotatable bonds is 4. The molecule has 2 atom stereocenters. The normalized spacial score (nSPS) is 17.4. The lowest BCUT2D eigenvalue weighted by molar-refractivity contribution is 1.02. The van der Waals surface area contributed by atoms with Crippen molar-refractivity contribution in [3.05, 3.63) is 0 Å². The fraction of sp³-hybridized carbons (Fsp3) is 1.00. The minimum atomic E-state index is -0.253. The molecule has 0 aromatic heterocycles. The molecule has 0 aliphatic carbocycles. The van der Waals surface area contributed by atoms with E-state index in [0.717, 1.165) is 0 Å². The SMILES string of the molecule is CC(Cl)C[Si](C)CC(C)Cl. The average Bonchev–Trinajstić information content (AvgIpc) is 1.58. The quantitative estimate of drug-likeness (QED) is 0.480. The maximum Gasteiger partial charge on any atom is 0.0475 e. The zero-order valence-electron chi connectivity index (χ0n) is 6.82. The summed E-state index contributed by atoms with van der Waals surface area (Å²) in [5, 5.41) is 0.656. The molecule has 0 fully saturated rings. The summed E-state index contributed by atoms with van der Waals surface area (Å²) in [5.41, 5.74) is 0. The summed E-state index contributed by atoms with van der Waals surface area (Å²) in [7, 11) is -0.253. The molecule has 3 heteroatoms. The van der Waals surface area contributed by atoms with Gasteiger partial charge in [-0.15, -0.1) is 23.2 Å². The first-order valence-corrected chi connectivity index (χ1v) is 6.90. The Labute approximate surface area is 75.5 Å². The van der Waals surface area contributed by atoms with Crippen molar-refractivity contribution >= 4 is 32.0 Å². The Bertz CT molecular complexity index is 73.7. The second kappa shape index (κ2) is 5.45. The fourth-order valence-corrected chi connectivity index (χ4v) is 4.71. The monoisotopic (exact) mass is 197 g/mol. The first kappa shape index (κ1) is 10.8. The highest BCUT2D eigenvalue weighted by molar-refractivity contribution is 6.59. The number of hydrogen-bond acceptors (Lipinski definition) is 0. The molecule has 0 spiro atoms. The van der Waals surface area contributed by atoms with Crippen LogP contribution in [0.1, 0.15) is 13.8 Å². The van der Waals surface area contributed by atoms with Crippen LogP contribution in [0.5, 0.6) is 0 Å². The molecule has 0 N–H and O–H groups in total. The molecule has 0 aromatic carbocycles. The minimum absolute atomic E-state index is 0.253. The van der Waals surface area contributed by atoms with E-state index in [4.69, 9.17) is 23.2 Å². The van der Waals surface area contributed by atoms with Gasteiger partial charge in [-0.05, 0) is 25.9 Å². The summed E-state index contributed by atoms with van der Waals surface area (Å²) >= 11 is 11.7. The van der Waals surface area contributed by atoms with E-state index in [1.165, 1.54) is 12.1 Å². The third-order valence-electron chi connectivity index (χ3n) is 1.26. The van der Waals surface area contributed by atoms with Gasteiger partial charge >= 0.3 is 0 Å². The van der Waals surface area contributed by atoms with Crippen molar-refractivity contribution in [3.8, 4) is 0 Å². The predicted octanol–water partition coefficient (Wildman–Crippen LogP) is 3.37. The van der Waals surface area contributed by atoms with Crippen LogP contribution in [0.3, 0.4) is 0 Å². The van der Waals surface area contributed by atoms with Crippen molar-refractivity contribution in [2.75, 3.05) is 0 Å². The Morgan fingerprint density at radius 2 is 1.40 bits per heavy atom. The van der Waals surface area contributed by atoms with Gasteiger partial charge in [0.15, 0.2) is 0 Å².